The van der Waals surface area contributed by atoms with Crippen LogP contribution in [0.15, 0.2) is 29.2 Å². The first-order valence-corrected chi connectivity index (χ1v) is 4.82. The molecule has 11 heavy (non-hydrogen) atoms. The van der Waals surface area contributed by atoms with Crippen LogP contribution in [0.5, 0.6) is 0 Å². The Kier molecular flexibility index (Phi) is 1.88. The van der Waals surface area contributed by atoms with Gasteiger partial charge in [-0.1, -0.05) is 18.2 Å². The van der Waals surface area contributed by atoms with Gasteiger partial charge in [0.05, 0.1) is 0 Å². The number of hydrogen-bond donors (Lipinski definition) is 1. The van der Waals surface area contributed by atoms with E-state index < -0.39 is 0 Å². The van der Waals surface area contributed by atoms with Gasteiger partial charge >= 0.3 is 0 Å². The molecule has 2 rings (SSSR count). The van der Waals surface area contributed by atoms with Gasteiger partial charge in [0.15, 0.2) is 0 Å². The van der Waals surface area contributed by atoms with Crippen LogP contribution in [0, 0.1) is 0 Å². The molecule has 1 aliphatic heterocycles. The van der Waals surface area contributed by atoms with Gasteiger partial charge < -0.3 is 5.73 Å². The van der Waals surface area contributed by atoms with Crippen molar-refractivity contribution in [3.05, 3.63) is 29.8 Å². The van der Waals surface area contributed by atoms with Crippen LogP contribution >= 0.6 is 11.8 Å². The Labute approximate surface area is 71.0 Å². The van der Waals surface area contributed by atoms with E-state index in [1.165, 1.54) is 10.5 Å². The average molecular weight is 165 g/mol. The molecule has 0 aromatic heterocycles. The van der Waals surface area contributed by atoms with Crippen LogP contribution in [0.2, 0.25) is 0 Å². The first-order valence-electron chi connectivity index (χ1n) is 3.83. The number of hydrogen-bond acceptors (Lipinski definition) is 2. The topological polar surface area (TPSA) is 26.0 Å². The van der Waals surface area contributed by atoms with Gasteiger partial charge in [-0.2, -0.15) is 0 Å². The highest BCUT2D eigenvalue weighted by Crippen LogP contribution is 2.38. The van der Waals surface area contributed by atoms with Gasteiger partial charge in [0.1, 0.15) is 0 Å². The van der Waals surface area contributed by atoms with Crippen LogP contribution in [0.4, 0.5) is 0 Å². The normalized spacial score (nSPS) is 21.7. The Hall–Kier alpha value is -0.470. The second-order valence-electron chi connectivity index (χ2n) is 2.78. The summed E-state index contributed by atoms with van der Waals surface area (Å²) in [6.07, 6.45) is 0. The molecule has 0 radical (unpaired) electrons. The fourth-order valence-electron chi connectivity index (χ4n) is 1.42. The summed E-state index contributed by atoms with van der Waals surface area (Å²) < 4.78 is 0. The minimum absolute atomic E-state index is 0.594. The molecule has 1 atom stereocenters. The smallest absolute Gasteiger partial charge is 0.0108 e. The van der Waals surface area contributed by atoms with E-state index in [1.807, 2.05) is 11.8 Å². The maximum absolute atomic E-state index is 5.64. The molecule has 0 bridgehead atoms. The van der Waals surface area contributed by atoms with Crippen molar-refractivity contribution >= 4 is 11.8 Å². The lowest BCUT2D eigenvalue weighted by atomic mass is 10.0. The van der Waals surface area contributed by atoms with Gasteiger partial charge in [-0.3, -0.25) is 0 Å². The van der Waals surface area contributed by atoms with Crippen LogP contribution in [-0.2, 0) is 0 Å². The third-order valence-electron chi connectivity index (χ3n) is 2.08. The lowest BCUT2D eigenvalue weighted by molar-refractivity contribution is 0.787. The van der Waals surface area contributed by atoms with Crippen LogP contribution in [0.3, 0.4) is 0 Å². The second kappa shape index (κ2) is 2.88. The Morgan fingerprint density at radius 1 is 1.45 bits per heavy atom. The number of nitrogens with two attached hydrogens (primary N) is 1. The molecule has 0 fully saturated rings. The molecule has 58 valence electrons. The Balaban J connectivity index is 2.39. The molecule has 1 heterocycles. The molecule has 0 aliphatic carbocycles. The van der Waals surface area contributed by atoms with Gasteiger partial charge in [-0.25, -0.2) is 0 Å². The van der Waals surface area contributed by atoms with E-state index in [0.717, 1.165) is 12.3 Å². The van der Waals surface area contributed by atoms with E-state index in [4.69, 9.17) is 5.73 Å². The third kappa shape index (κ3) is 1.17. The van der Waals surface area contributed by atoms with Gasteiger partial charge in [0, 0.05) is 23.1 Å². The van der Waals surface area contributed by atoms with Crippen molar-refractivity contribution in [2.75, 3.05) is 12.3 Å². The number of fused-ring (bicyclic) bond motifs is 1. The molecule has 1 aromatic carbocycles. The molecule has 1 aliphatic rings. The van der Waals surface area contributed by atoms with Crippen molar-refractivity contribution in [1.82, 2.24) is 0 Å². The number of thioether (sulfide) groups is 1. The molecular formula is C9H11NS. The Morgan fingerprint density at radius 2 is 2.27 bits per heavy atom. The monoisotopic (exact) mass is 165 g/mol. The zero-order valence-electron chi connectivity index (χ0n) is 6.29. The first-order chi connectivity index (χ1) is 5.42. The summed E-state index contributed by atoms with van der Waals surface area (Å²) in [7, 11) is 0. The molecule has 1 aromatic rings. The maximum atomic E-state index is 5.64. The van der Waals surface area contributed by atoms with E-state index >= 15 is 0 Å². The lowest BCUT2D eigenvalue weighted by Crippen LogP contribution is -2.11. The van der Waals surface area contributed by atoms with Crippen molar-refractivity contribution < 1.29 is 0 Å². The van der Waals surface area contributed by atoms with Crippen molar-refractivity contribution in [2.24, 2.45) is 5.73 Å². The van der Waals surface area contributed by atoms with Gasteiger partial charge in [0.25, 0.3) is 0 Å². The molecule has 0 saturated heterocycles. The molecule has 1 nitrogen and oxygen atoms in total. The van der Waals surface area contributed by atoms with Gasteiger partial charge in [-0.15, -0.1) is 11.8 Å². The lowest BCUT2D eigenvalue weighted by Gasteiger charge is -2.04. The van der Waals surface area contributed by atoms with Crippen LogP contribution in [0.1, 0.15) is 11.5 Å². The average Bonchev–Trinajstić information content (AvgIpc) is 2.47. The SMILES string of the molecule is NC[C@@H]1CSc2ccccc21. The molecule has 0 unspecified atom stereocenters. The molecule has 0 saturated carbocycles. The Morgan fingerprint density at radius 3 is 3.09 bits per heavy atom. The van der Waals surface area contributed by atoms with E-state index in [9.17, 15) is 0 Å². The summed E-state index contributed by atoms with van der Waals surface area (Å²) in [5.41, 5.74) is 7.08. The van der Waals surface area contributed by atoms with Crippen molar-refractivity contribution in [1.29, 1.82) is 0 Å². The number of rotatable bonds is 1. The molecular weight excluding hydrogens is 154 g/mol. The minimum atomic E-state index is 0.594. The zero-order valence-corrected chi connectivity index (χ0v) is 7.10. The highest BCUT2D eigenvalue weighted by Gasteiger charge is 2.20. The van der Waals surface area contributed by atoms with E-state index in [2.05, 4.69) is 24.3 Å². The fourth-order valence-corrected chi connectivity index (χ4v) is 2.70. The summed E-state index contributed by atoms with van der Waals surface area (Å²) >= 11 is 1.92. The summed E-state index contributed by atoms with van der Waals surface area (Å²) in [4.78, 5) is 1.42. The third-order valence-corrected chi connectivity index (χ3v) is 3.34. The predicted molar refractivity (Wildman–Crippen MR) is 49.0 cm³/mol. The van der Waals surface area contributed by atoms with E-state index in [1.54, 1.807) is 0 Å². The Bertz CT molecular complexity index is 259. The largest absolute Gasteiger partial charge is 0.330 e. The summed E-state index contributed by atoms with van der Waals surface area (Å²) in [6.45, 7) is 0.782. The molecule has 0 spiro atoms. The summed E-state index contributed by atoms with van der Waals surface area (Å²) in [5.74, 6) is 1.76. The maximum Gasteiger partial charge on any atom is 0.0108 e. The second-order valence-corrected chi connectivity index (χ2v) is 3.84. The fraction of sp³-hybridized carbons (Fsp3) is 0.333. The van der Waals surface area contributed by atoms with Crippen LogP contribution in [0.25, 0.3) is 0 Å². The van der Waals surface area contributed by atoms with Crippen molar-refractivity contribution in [2.45, 2.75) is 10.8 Å². The van der Waals surface area contributed by atoms with Crippen LogP contribution in [-0.4, -0.2) is 12.3 Å². The predicted octanol–water partition coefficient (Wildman–Crippen LogP) is 1.83. The first kappa shape index (κ1) is 7.19. The van der Waals surface area contributed by atoms with E-state index in [0.29, 0.717) is 5.92 Å². The minimum Gasteiger partial charge on any atom is -0.330 e. The highest BCUT2D eigenvalue weighted by atomic mass is 32.2. The van der Waals surface area contributed by atoms with Crippen molar-refractivity contribution in [3.8, 4) is 0 Å². The van der Waals surface area contributed by atoms with Crippen molar-refractivity contribution in [3.63, 3.8) is 0 Å². The molecule has 2 heteroatoms. The van der Waals surface area contributed by atoms with Gasteiger partial charge in [0.2, 0.25) is 0 Å². The summed E-state index contributed by atoms with van der Waals surface area (Å²) in [6, 6.07) is 8.54. The molecule has 0 amide bonds. The van der Waals surface area contributed by atoms with Gasteiger partial charge in [-0.05, 0) is 11.6 Å². The number of benzene rings is 1. The van der Waals surface area contributed by atoms with E-state index in [-0.39, 0.29) is 0 Å². The molecule has 2 N–H and O–H groups in total. The summed E-state index contributed by atoms with van der Waals surface area (Å²) in [5, 5.41) is 0. The zero-order chi connectivity index (χ0) is 7.68. The quantitative estimate of drug-likeness (QED) is 0.687. The van der Waals surface area contributed by atoms with Crippen LogP contribution < -0.4 is 5.73 Å². The highest BCUT2D eigenvalue weighted by molar-refractivity contribution is 7.99. The standard InChI is InChI=1S/C9H11NS/c10-5-7-6-11-9-4-2-1-3-8(7)9/h1-4,7H,5-6,10H2/t7-/m1/s1.